The number of benzene rings is 1. The van der Waals surface area contributed by atoms with E-state index < -0.39 is 0 Å². The van der Waals surface area contributed by atoms with Gasteiger partial charge in [0.25, 0.3) is 0 Å². The lowest BCUT2D eigenvalue weighted by atomic mass is 10.1. The Labute approximate surface area is 105 Å². The molecular formula is C15H13N2O. The molecule has 2 aromatic heterocycles. The third-order valence-corrected chi connectivity index (χ3v) is 2.83. The average molecular weight is 237 g/mol. The van der Waals surface area contributed by atoms with Gasteiger partial charge in [-0.1, -0.05) is 12.1 Å². The predicted octanol–water partition coefficient (Wildman–Crippen LogP) is 2.98. The van der Waals surface area contributed by atoms with Crippen LogP contribution in [-0.2, 0) is 6.42 Å². The number of aromatic nitrogens is 2. The lowest BCUT2D eigenvalue weighted by Crippen LogP contribution is -2.01. The van der Waals surface area contributed by atoms with Crippen molar-refractivity contribution in [1.29, 1.82) is 0 Å². The number of aromatic amines is 1. The van der Waals surface area contributed by atoms with Crippen molar-refractivity contribution in [3.8, 4) is 5.75 Å². The van der Waals surface area contributed by atoms with E-state index in [1.807, 2.05) is 18.3 Å². The van der Waals surface area contributed by atoms with Crippen molar-refractivity contribution in [2.24, 2.45) is 0 Å². The standard InChI is InChI=1S/C15H13N2O/c1-2-14(11-16-7-1)18-9-6-12-3-4-13-5-8-17-15(13)10-12/h1-4,7-8,10-11,17H,6,9H2. The van der Waals surface area contributed by atoms with Crippen LogP contribution in [0.1, 0.15) is 5.56 Å². The Morgan fingerprint density at radius 1 is 1.28 bits per heavy atom. The van der Waals surface area contributed by atoms with Crippen LogP contribution in [0, 0.1) is 6.07 Å². The highest BCUT2D eigenvalue weighted by Crippen LogP contribution is 2.14. The normalized spacial score (nSPS) is 10.7. The summed E-state index contributed by atoms with van der Waals surface area (Å²) in [5, 5.41) is 1.12. The van der Waals surface area contributed by atoms with Gasteiger partial charge in [0.2, 0.25) is 0 Å². The van der Waals surface area contributed by atoms with E-state index in [0.29, 0.717) is 6.61 Å². The smallest absolute Gasteiger partial charge is 0.137 e. The second-order valence-corrected chi connectivity index (χ2v) is 4.10. The third kappa shape index (κ3) is 2.35. The lowest BCUT2D eigenvalue weighted by Gasteiger charge is -2.05. The predicted molar refractivity (Wildman–Crippen MR) is 70.6 cm³/mol. The van der Waals surface area contributed by atoms with Gasteiger partial charge in [0.15, 0.2) is 0 Å². The molecule has 3 rings (SSSR count). The van der Waals surface area contributed by atoms with Crippen molar-refractivity contribution < 1.29 is 4.74 Å². The first-order valence-corrected chi connectivity index (χ1v) is 5.92. The second kappa shape index (κ2) is 4.92. The van der Waals surface area contributed by atoms with Gasteiger partial charge in [-0.25, -0.2) is 0 Å². The molecule has 0 amide bonds. The summed E-state index contributed by atoms with van der Waals surface area (Å²) in [6.07, 6.45) is 6.18. The van der Waals surface area contributed by atoms with Crippen LogP contribution >= 0.6 is 0 Å². The molecule has 3 heteroatoms. The molecule has 1 aromatic carbocycles. The van der Waals surface area contributed by atoms with Crippen LogP contribution in [0.25, 0.3) is 10.9 Å². The van der Waals surface area contributed by atoms with Crippen LogP contribution in [0.2, 0.25) is 0 Å². The number of rotatable bonds is 4. The van der Waals surface area contributed by atoms with Gasteiger partial charge in [-0.3, -0.25) is 4.98 Å². The van der Waals surface area contributed by atoms with E-state index in [-0.39, 0.29) is 0 Å². The van der Waals surface area contributed by atoms with E-state index in [4.69, 9.17) is 4.74 Å². The van der Waals surface area contributed by atoms with E-state index in [0.717, 1.165) is 23.1 Å². The fourth-order valence-corrected chi connectivity index (χ4v) is 1.90. The summed E-state index contributed by atoms with van der Waals surface area (Å²) in [6, 6.07) is 13.2. The number of pyridine rings is 1. The molecule has 3 nitrogen and oxygen atoms in total. The molecule has 1 radical (unpaired) electrons. The molecule has 1 N–H and O–H groups in total. The maximum atomic E-state index is 5.62. The molecule has 0 unspecified atom stereocenters. The molecule has 2 heterocycles. The van der Waals surface area contributed by atoms with Crippen LogP contribution in [0.4, 0.5) is 0 Å². The van der Waals surface area contributed by atoms with Gasteiger partial charge in [-0.05, 0) is 23.8 Å². The van der Waals surface area contributed by atoms with Crippen molar-refractivity contribution in [2.75, 3.05) is 6.61 Å². The fraction of sp³-hybridized carbons (Fsp3) is 0.133. The number of fused-ring (bicyclic) bond motifs is 1. The zero-order valence-corrected chi connectivity index (χ0v) is 9.89. The van der Waals surface area contributed by atoms with Crippen LogP contribution in [0.15, 0.2) is 48.9 Å². The summed E-state index contributed by atoms with van der Waals surface area (Å²) >= 11 is 0. The maximum absolute atomic E-state index is 5.62. The largest absolute Gasteiger partial charge is 0.492 e. The molecule has 0 aliphatic heterocycles. The minimum Gasteiger partial charge on any atom is -0.492 e. The van der Waals surface area contributed by atoms with E-state index in [2.05, 4.69) is 34.2 Å². The SMILES string of the molecule is [c]1c[nH]c2cc(CCOc3cccnc3)ccc12. The first kappa shape index (κ1) is 10.8. The number of ether oxygens (including phenoxy) is 1. The molecule has 0 bridgehead atoms. The van der Waals surface area contributed by atoms with Crippen LogP contribution in [0.5, 0.6) is 5.75 Å². The summed E-state index contributed by atoms with van der Waals surface area (Å²) in [4.78, 5) is 7.17. The monoisotopic (exact) mass is 237 g/mol. The quantitative estimate of drug-likeness (QED) is 0.757. The highest BCUT2D eigenvalue weighted by molar-refractivity contribution is 5.79. The molecule has 18 heavy (non-hydrogen) atoms. The lowest BCUT2D eigenvalue weighted by molar-refractivity contribution is 0.321. The summed E-state index contributed by atoms with van der Waals surface area (Å²) < 4.78 is 5.62. The first-order chi connectivity index (χ1) is 8.92. The summed E-state index contributed by atoms with van der Waals surface area (Å²) in [6.45, 7) is 0.654. The van der Waals surface area contributed by atoms with E-state index in [9.17, 15) is 0 Å². The summed E-state index contributed by atoms with van der Waals surface area (Å²) in [5.74, 6) is 0.812. The van der Waals surface area contributed by atoms with Crippen LogP contribution in [0.3, 0.4) is 0 Å². The Hall–Kier alpha value is -2.29. The van der Waals surface area contributed by atoms with E-state index in [1.165, 1.54) is 5.56 Å². The molecule has 0 fully saturated rings. The van der Waals surface area contributed by atoms with E-state index in [1.54, 1.807) is 12.4 Å². The highest BCUT2D eigenvalue weighted by atomic mass is 16.5. The van der Waals surface area contributed by atoms with Crippen molar-refractivity contribution in [1.82, 2.24) is 9.97 Å². The first-order valence-electron chi connectivity index (χ1n) is 5.92. The van der Waals surface area contributed by atoms with Crippen LogP contribution in [-0.4, -0.2) is 16.6 Å². The molecular weight excluding hydrogens is 224 g/mol. The van der Waals surface area contributed by atoms with Gasteiger partial charge >= 0.3 is 0 Å². The van der Waals surface area contributed by atoms with E-state index >= 15 is 0 Å². The molecule has 0 aliphatic rings. The molecule has 3 aromatic rings. The van der Waals surface area contributed by atoms with Crippen molar-refractivity contribution in [3.05, 3.63) is 60.6 Å². The summed E-state index contributed by atoms with van der Waals surface area (Å²) in [5.41, 5.74) is 2.37. The minimum absolute atomic E-state index is 0.654. The van der Waals surface area contributed by atoms with Gasteiger partial charge < -0.3 is 9.72 Å². The van der Waals surface area contributed by atoms with Crippen molar-refractivity contribution >= 4 is 10.9 Å². The van der Waals surface area contributed by atoms with Crippen molar-refractivity contribution in [2.45, 2.75) is 6.42 Å². The molecule has 0 saturated carbocycles. The Balaban J connectivity index is 1.62. The zero-order valence-electron chi connectivity index (χ0n) is 9.89. The molecule has 0 saturated heterocycles. The number of nitrogens with zero attached hydrogens (tertiary/aromatic N) is 1. The van der Waals surface area contributed by atoms with Gasteiger partial charge in [-0.2, -0.15) is 0 Å². The van der Waals surface area contributed by atoms with Gasteiger partial charge in [-0.15, -0.1) is 0 Å². The topological polar surface area (TPSA) is 37.9 Å². The molecule has 89 valence electrons. The number of H-pyrrole nitrogens is 1. The molecule has 0 aliphatic carbocycles. The van der Waals surface area contributed by atoms with Gasteiger partial charge in [0.05, 0.1) is 12.8 Å². The third-order valence-electron chi connectivity index (χ3n) is 2.83. The van der Waals surface area contributed by atoms with Crippen LogP contribution < -0.4 is 4.74 Å². The van der Waals surface area contributed by atoms with Gasteiger partial charge in [0, 0.05) is 35.8 Å². The zero-order chi connectivity index (χ0) is 12.2. The Morgan fingerprint density at radius 2 is 2.28 bits per heavy atom. The highest BCUT2D eigenvalue weighted by Gasteiger charge is 1.99. The minimum atomic E-state index is 0.654. The maximum Gasteiger partial charge on any atom is 0.137 e. The second-order valence-electron chi connectivity index (χ2n) is 4.10. The Bertz CT molecular complexity index is 631. The number of hydrogen-bond acceptors (Lipinski definition) is 2. The summed E-state index contributed by atoms with van der Waals surface area (Å²) in [7, 11) is 0. The molecule has 0 atom stereocenters. The Morgan fingerprint density at radius 3 is 3.17 bits per heavy atom. The average Bonchev–Trinajstić information content (AvgIpc) is 2.87. The molecule has 0 spiro atoms. The van der Waals surface area contributed by atoms with Gasteiger partial charge in [0.1, 0.15) is 5.75 Å². The van der Waals surface area contributed by atoms with Crippen molar-refractivity contribution in [3.63, 3.8) is 0 Å². The Kier molecular flexibility index (Phi) is 2.96. The number of hydrogen-bond donors (Lipinski definition) is 1. The number of nitrogens with one attached hydrogen (secondary N) is 1. The fourth-order valence-electron chi connectivity index (χ4n) is 1.90.